The Kier molecular flexibility index (Phi) is 5.99. The highest BCUT2D eigenvalue weighted by Crippen LogP contribution is 2.20. The van der Waals surface area contributed by atoms with Gasteiger partial charge >= 0.3 is 0 Å². The van der Waals surface area contributed by atoms with Crippen molar-refractivity contribution in [3.8, 4) is 0 Å². The minimum atomic E-state index is -0.0207. The van der Waals surface area contributed by atoms with E-state index in [1.807, 2.05) is 37.3 Å². The van der Waals surface area contributed by atoms with E-state index in [0.717, 1.165) is 11.3 Å². The van der Waals surface area contributed by atoms with E-state index in [4.69, 9.17) is 11.6 Å². The van der Waals surface area contributed by atoms with Crippen LogP contribution in [0.15, 0.2) is 48.5 Å². The lowest BCUT2D eigenvalue weighted by molar-refractivity contribution is -0.116. The molecule has 2 aromatic rings. The molecule has 2 N–H and O–H groups in total. The molecule has 0 saturated carbocycles. The van der Waals surface area contributed by atoms with Crippen molar-refractivity contribution < 1.29 is 4.79 Å². The van der Waals surface area contributed by atoms with E-state index in [1.54, 1.807) is 6.07 Å². The molecule has 0 aliphatic carbocycles. The molecular weight excluding hydrogens is 296 g/mol. The van der Waals surface area contributed by atoms with E-state index in [0.29, 0.717) is 18.0 Å². The number of carbonyl (C=O) groups is 1. The second-order valence-electron chi connectivity index (χ2n) is 5.35. The number of aryl methyl sites for hydroxylation is 1. The topological polar surface area (TPSA) is 41.1 Å². The summed E-state index contributed by atoms with van der Waals surface area (Å²) in [4.78, 5) is 11.9. The van der Waals surface area contributed by atoms with E-state index >= 15 is 0 Å². The number of anilines is 1. The Morgan fingerprint density at radius 2 is 1.91 bits per heavy atom. The smallest absolute Gasteiger partial charge is 0.225 e. The molecule has 4 heteroatoms. The highest BCUT2D eigenvalue weighted by molar-refractivity contribution is 6.31. The van der Waals surface area contributed by atoms with Crippen LogP contribution in [-0.4, -0.2) is 12.5 Å². The van der Waals surface area contributed by atoms with Crippen molar-refractivity contribution in [1.82, 2.24) is 5.32 Å². The summed E-state index contributed by atoms with van der Waals surface area (Å²) in [5.41, 5.74) is 2.95. The maximum atomic E-state index is 11.9. The van der Waals surface area contributed by atoms with E-state index in [9.17, 15) is 4.79 Å². The van der Waals surface area contributed by atoms with Gasteiger partial charge in [-0.05, 0) is 37.1 Å². The molecule has 0 heterocycles. The fourth-order valence-electron chi connectivity index (χ4n) is 2.16. The fraction of sp³-hybridized carbons (Fsp3) is 0.278. The lowest BCUT2D eigenvalue weighted by atomic mass is 10.1. The molecule has 1 amide bonds. The first-order valence-corrected chi connectivity index (χ1v) is 7.78. The summed E-state index contributed by atoms with van der Waals surface area (Å²) < 4.78 is 0. The number of hydrogen-bond donors (Lipinski definition) is 2. The van der Waals surface area contributed by atoms with Crippen LogP contribution in [-0.2, 0) is 4.79 Å². The van der Waals surface area contributed by atoms with Crippen molar-refractivity contribution in [2.45, 2.75) is 26.3 Å². The number of benzene rings is 2. The van der Waals surface area contributed by atoms with Gasteiger partial charge in [0.2, 0.25) is 5.91 Å². The van der Waals surface area contributed by atoms with Crippen molar-refractivity contribution in [3.63, 3.8) is 0 Å². The van der Waals surface area contributed by atoms with E-state index in [2.05, 4.69) is 29.7 Å². The molecule has 22 heavy (non-hydrogen) atoms. The molecule has 116 valence electrons. The summed E-state index contributed by atoms with van der Waals surface area (Å²) in [5, 5.41) is 6.87. The molecule has 0 radical (unpaired) electrons. The summed E-state index contributed by atoms with van der Waals surface area (Å²) in [7, 11) is 0. The zero-order valence-corrected chi connectivity index (χ0v) is 13.7. The van der Waals surface area contributed by atoms with Crippen LogP contribution in [0.3, 0.4) is 0 Å². The molecule has 0 aliphatic heterocycles. The minimum absolute atomic E-state index is 0.0207. The molecule has 3 nitrogen and oxygen atoms in total. The first-order chi connectivity index (χ1) is 10.6. The largest absolute Gasteiger partial charge is 0.326 e. The van der Waals surface area contributed by atoms with Crippen LogP contribution < -0.4 is 10.6 Å². The molecule has 2 rings (SSSR count). The number of rotatable bonds is 6. The Bertz CT molecular complexity index is 628. The average Bonchev–Trinajstić information content (AvgIpc) is 2.51. The predicted octanol–water partition coefficient (Wildman–Crippen LogP) is 4.33. The van der Waals surface area contributed by atoms with Crippen LogP contribution >= 0.6 is 11.6 Å². The fourth-order valence-corrected chi connectivity index (χ4v) is 2.34. The van der Waals surface area contributed by atoms with Crippen LogP contribution in [0, 0.1) is 6.92 Å². The van der Waals surface area contributed by atoms with E-state index in [-0.39, 0.29) is 11.9 Å². The van der Waals surface area contributed by atoms with Gasteiger partial charge in [-0.3, -0.25) is 4.79 Å². The monoisotopic (exact) mass is 316 g/mol. The van der Waals surface area contributed by atoms with Crippen LogP contribution in [0.5, 0.6) is 0 Å². The van der Waals surface area contributed by atoms with Crippen LogP contribution in [0.1, 0.15) is 30.5 Å². The van der Waals surface area contributed by atoms with Gasteiger partial charge in [-0.25, -0.2) is 0 Å². The predicted molar refractivity (Wildman–Crippen MR) is 92.3 cm³/mol. The maximum Gasteiger partial charge on any atom is 0.225 e. The third kappa shape index (κ3) is 4.86. The standard InChI is InChI=1S/C18H21ClN2O/c1-13-8-9-16(12-17(13)19)21-18(22)10-11-20-14(2)15-6-4-3-5-7-15/h3-9,12,14,20H,10-11H2,1-2H3,(H,21,22). The van der Waals surface area contributed by atoms with Crippen molar-refractivity contribution in [2.75, 3.05) is 11.9 Å². The zero-order chi connectivity index (χ0) is 15.9. The molecule has 0 aliphatic rings. The summed E-state index contributed by atoms with van der Waals surface area (Å²) in [6.45, 7) is 4.65. The van der Waals surface area contributed by atoms with Crippen molar-refractivity contribution >= 4 is 23.2 Å². The molecule has 1 atom stereocenters. The highest BCUT2D eigenvalue weighted by Gasteiger charge is 2.07. The SMILES string of the molecule is Cc1ccc(NC(=O)CCNC(C)c2ccccc2)cc1Cl. The Balaban J connectivity index is 1.77. The van der Waals surface area contributed by atoms with Crippen LogP contribution in [0.2, 0.25) is 5.02 Å². The summed E-state index contributed by atoms with van der Waals surface area (Å²) in [6.07, 6.45) is 0.419. The molecule has 0 spiro atoms. The Labute approximate surface area is 136 Å². The molecule has 2 aromatic carbocycles. The number of nitrogens with one attached hydrogen (secondary N) is 2. The second-order valence-corrected chi connectivity index (χ2v) is 5.76. The molecule has 0 aromatic heterocycles. The summed E-state index contributed by atoms with van der Waals surface area (Å²) >= 11 is 6.05. The minimum Gasteiger partial charge on any atom is -0.326 e. The van der Waals surface area contributed by atoms with Gasteiger partial charge in [-0.1, -0.05) is 48.0 Å². The summed E-state index contributed by atoms with van der Waals surface area (Å²) in [5.74, 6) is -0.0207. The van der Waals surface area contributed by atoms with E-state index in [1.165, 1.54) is 5.56 Å². The molecule has 1 unspecified atom stereocenters. The Hall–Kier alpha value is -1.84. The Morgan fingerprint density at radius 3 is 2.59 bits per heavy atom. The summed E-state index contributed by atoms with van der Waals surface area (Å²) in [6, 6.07) is 15.9. The lowest BCUT2D eigenvalue weighted by Gasteiger charge is -2.14. The van der Waals surface area contributed by atoms with Gasteiger partial charge in [0.1, 0.15) is 0 Å². The first kappa shape index (κ1) is 16.5. The highest BCUT2D eigenvalue weighted by atomic mass is 35.5. The van der Waals surface area contributed by atoms with Gasteiger partial charge in [0, 0.05) is 29.7 Å². The van der Waals surface area contributed by atoms with Gasteiger partial charge in [0.05, 0.1) is 0 Å². The number of halogens is 1. The molecule has 0 fully saturated rings. The van der Waals surface area contributed by atoms with Crippen molar-refractivity contribution in [1.29, 1.82) is 0 Å². The molecular formula is C18H21ClN2O. The van der Waals surface area contributed by atoms with Gasteiger partial charge in [0.25, 0.3) is 0 Å². The maximum absolute atomic E-state index is 11.9. The normalized spacial score (nSPS) is 12.0. The first-order valence-electron chi connectivity index (χ1n) is 7.40. The van der Waals surface area contributed by atoms with Gasteiger partial charge in [0.15, 0.2) is 0 Å². The van der Waals surface area contributed by atoms with Gasteiger partial charge < -0.3 is 10.6 Å². The Morgan fingerprint density at radius 1 is 1.18 bits per heavy atom. The third-order valence-corrected chi connectivity index (χ3v) is 3.96. The second kappa shape index (κ2) is 7.97. The number of carbonyl (C=O) groups excluding carboxylic acids is 1. The van der Waals surface area contributed by atoms with Crippen molar-refractivity contribution in [3.05, 3.63) is 64.7 Å². The van der Waals surface area contributed by atoms with Crippen LogP contribution in [0.25, 0.3) is 0 Å². The number of amides is 1. The molecule has 0 bridgehead atoms. The number of hydrogen-bond acceptors (Lipinski definition) is 2. The van der Waals surface area contributed by atoms with E-state index < -0.39 is 0 Å². The third-order valence-electron chi connectivity index (χ3n) is 3.56. The van der Waals surface area contributed by atoms with Gasteiger partial charge in [-0.2, -0.15) is 0 Å². The molecule has 0 saturated heterocycles. The zero-order valence-electron chi connectivity index (χ0n) is 12.9. The van der Waals surface area contributed by atoms with Crippen LogP contribution in [0.4, 0.5) is 5.69 Å². The average molecular weight is 317 g/mol. The van der Waals surface area contributed by atoms with Gasteiger partial charge in [-0.15, -0.1) is 0 Å². The quantitative estimate of drug-likeness (QED) is 0.833. The van der Waals surface area contributed by atoms with Crippen molar-refractivity contribution in [2.24, 2.45) is 0 Å². The lowest BCUT2D eigenvalue weighted by Crippen LogP contribution is -2.24.